The highest BCUT2D eigenvalue weighted by molar-refractivity contribution is 8.02. The van der Waals surface area contributed by atoms with Crippen LogP contribution in [0.2, 0.25) is 0 Å². The fourth-order valence-corrected chi connectivity index (χ4v) is 4.88. The van der Waals surface area contributed by atoms with Gasteiger partial charge in [0.2, 0.25) is 5.89 Å². The highest BCUT2D eigenvalue weighted by atomic mass is 32.2. The van der Waals surface area contributed by atoms with Crippen LogP contribution in [0.1, 0.15) is 36.3 Å². The summed E-state index contributed by atoms with van der Waals surface area (Å²) in [7, 11) is 0. The SMILES string of the molecule is O=CC1(N2CCCC(c3ccc(F)cc3)C2c2ncno2)C=CSC1. The zero-order valence-electron chi connectivity index (χ0n) is 13.5. The van der Waals surface area contributed by atoms with Crippen LogP contribution in [0.5, 0.6) is 0 Å². The minimum atomic E-state index is -0.664. The summed E-state index contributed by atoms with van der Waals surface area (Å²) >= 11 is 1.63. The molecule has 1 aromatic carbocycles. The minimum Gasteiger partial charge on any atom is -0.338 e. The first-order valence-electron chi connectivity index (χ1n) is 8.28. The monoisotopic (exact) mass is 359 g/mol. The standard InChI is InChI=1S/C18H18FN3O2S/c19-14-5-3-13(4-6-14)15-2-1-8-22(16(15)17-20-12-21-24-17)18(10-23)7-9-25-11-18/h3-7,9-10,12,15-16H,1-2,8,11H2. The Labute approximate surface area is 149 Å². The number of carbonyl (C=O) groups is 1. The number of nitrogens with zero attached hydrogens (tertiary/aromatic N) is 3. The predicted octanol–water partition coefficient (Wildman–Crippen LogP) is 3.33. The molecule has 4 rings (SSSR count). The van der Waals surface area contributed by atoms with Crippen LogP contribution in [0.4, 0.5) is 4.39 Å². The van der Waals surface area contributed by atoms with Crippen LogP contribution in [0.3, 0.4) is 0 Å². The summed E-state index contributed by atoms with van der Waals surface area (Å²) in [5.41, 5.74) is 0.354. The van der Waals surface area contributed by atoms with Crippen molar-refractivity contribution in [3.05, 3.63) is 59.3 Å². The zero-order valence-corrected chi connectivity index (χ0v) is 14.4. The summed E-state index contributed by atoms with van der Waals surface area (Å²) in [4.78, 5) is 18.5. The number of hydrogen-bond donors (Lipinski definition) is 0. The van der Waals surface area contributed by atoms with Gasteiger partial charge >= 0.3 is 0 Å². The van der Waals surface area contributed by atoms with E-state index in [0.717, 1.165) is 31.2 Å². The van der Waals surface area contributed by atoms with E-state index in [9.17, 15) is 9.18 Å². The molecular weight excluding hydrogens is 341 g/mol. The maximum Gasteiger partial charge on any atom is 0.244 e. The quantitative estimate of drug-likeness (QED) is 0.781. The van der Waals surface area contributed by atoms with Crippen LogP contribution in [0, 0.1) is 5.82 Å². The summed E-state index contributed by atoms with van der Waals surface area (Å²) in [5, 5.41) is 5.74. The Bertz CT molecular complexity index is 765. The van der Waals surface area contributed by atoms with Crippen molar-refractivity contribution in [3.63, 3.8) is 0 Å². The molecule has 0 bridgehead atoms. The van der Waals surface area contributed by atoms with Crippen LogP contribution in [0.15, 0.2) is 46.6 Å². The van der Waals surface area contributed by atoms with Gasteiger partial charge in [0.05, 0.1) is 6.04 Å². The first-order valence-corrected chi connectivity index (χ1v) is 9.33. The van der Waals surface area contributed by atoms with E-state index in [-0.39, 0.29) is 17.8 Å². The Balaban J connectivity index is 1.77. The Morgan fingerprint density at radius 3 is 2.84 bits per heavy atom. The fourth-order valence-electron chi connectivity index (χ4n) is 3.85. The molecule has 1 fully saturated rings. The van der Waals surface area contributed by atoms with Gasteiger partial charge in [-0.2, -0.15) is 4.98 Å². The van der Waals surface area contributed by atoms with Gasteiger partial charge in [-0.15, -0.1) is 11.8 Å². The number of benzene rings is 1. The molecule has 0 saturated carbocycles. The number of aldehydes is 1. The van der Waals surface area contributed by atoms with E-state index >= 15 is 0 Å². The van der Waals surface area contributed by atoms with Crippen LogP contribution in [-0.4, -0.2) is 39.2 Å². The van der Waals surface area contributed by atoms with Gasteiger partial charge in [0.15, 0.2) is 6.33 Å². The third kappa shape index (κ3) is 2.91. The second-order valence-electron chi connectivity index (χ2n) is 6.44. The van der Waals surface area contributed by atoms with Crippen molar-refractivity contribution in [1.29, 1.82) is 0 Å². The lowest BCUT2D eigenvalue weighted by atomic mass is 9.80. The van der Waals surface area contributed by atoms with Crippen molar-refractivity contribution in [2.24, 2.45) is 0 Å². The number of piperidine rings is 1. The first-order chi connectivity index (χ1) is 12.2. The summed E-state index contributed by atoms with van der Waals surface area (Å²) in [5.74, 6) is 0.980. The molecule has 1 saturated heterocycles. The maximum atomic E-state index is 13.4. The fraction of sp³-hybridized carbons (Fsp3) is 0.389. The number of rotatable bonds is 4. The van der Waals surface area contributed by atoms with Crippen molar-refractivity contribution in [2.45, 2.75) is 30.3 Å². The van der Waals surface area contributed by atoms with E-state index in [0.29, 0.717) is 11.6 Å². The van der Waals surface area contributed by atoms with Gasteiger partial charge in [0, 0.05) is 18.2 Å². The van der Waals surface area contributed by atoms with E-state index in [2.05, 4.69) is 15.0 Å². The lowest BCUT2D eigenvalue weighted by molar-refractivity contribution is -0.118. The van der Waals surface area contributed by atoms with E-state index < -0.39 is 5.54 Å². The second kappa shape index (κ2) is 6.72. The van der Waals surface area contributed by atoms with Crippen LogP contribution < -0.4 is 0 Å². The molecule has 0 radical (unpaired) electrons. The van der Waals surface area contributed by atoms with E-state index in [4.69, 9.17) is 4.52 Å². The molecule has 7 heteroatoms. The van der Waals surface area contributed by atoms with Crippen LogP contribution in [-0.2, 0) is 4.79 Å². The van der Waals surface area contributed by atoms with Gasteiger partial charge in [-0.3, -0.25) is 4.90 Å². The molecule has 3 heterocycles. The summed E-state index contributed by atoms with van der Waals surface area (Å²) in [6.07, 6.45) is 6.22. The lowest BCUT2D eigenvalue weighted by Crippen LogP contribution is -2.54. The zero-order chi connectivity index (χ0) is 17.3. The minimum absolute atomic E-state index is 0.0608. The van der Waals surface area contributed by atoms with Crippen molar-refractivity contribution < 1.29 is 13.7 Å². The van der Waals surface area contributed by atoms with Gasteiger partial charge in [-0.05, 0) is 42.0 Å². The number of carbonyl (C=O) groups excluding carboxylic acids is 1. The lowest BCUT2D eigenvalue weighted by Gasteiger charge is -2.46. The number of hydrogen-bond acceptors (Lipinski definition) is 6. The first kappa shape index (κ1) is 16.5. The van der Waals surface area contributed by atoms with E-state index in [1.807, 2.05) is 11.5 Å². The average Bonchev–Trinajstić information content (AvgIpc) is 3.34. The second-order valence-corrected chi connectivity index (χ2v) is 7.34. The molecular formula is C18H18FN3O2S. The van der Waals surface area contributed by atoms with Gasteiger partial charge in [0.25, 0.3) is 0 Å². The van der Waals surface area contributed by atoms with Crippen molar-refractivity contribution >= 4 is 18.0 Å². The molecule has 25 heavy (non-hydrogen) atoms. The maximum absolute atomic E-state index is 13.4. The smallest absolute Gasteiger partial charge is 0.244 e. The molecule has 0 spiro atoms. The molecule has 0 amide bonds. The molecule has 2 aromatic rings. The molecule has 0 aliphatic carbocycles. The summed E-state index contributed by atoms with van der Waals surface area (Å²) in [6, 6.07) is 6.34. The molecule has 2 aliphatic rings. The normalized spacial score (nSPS) is 29.8. The van der Waals surface area contributed by atoms with E-state index in [1.165, 1.54) is 18.5 Å². The van der Waals surface area contributed by atoms with Gasteiger partial charge in [0.1, 0.15) is 17.6 Å². The molecule has 5 nitrogen and oxygen atoms in total. The van der Waals surface area contributed by atoms with Crippen LogP contribution >= 0.6 is 11.8 Å². The number of thioether (sulfide) groups is 1. The molecule has 3 unspecified atom stereocenters. The number of likely N-dealkylation sites (tertiary alicyclic amines) is 1. The molecule has 1 aromatic heterocycles. The summed E-state index contributed by atoms with van der Waals surface area (Å²) < 4.78 is 18.8. The van der Waals surface area contributed by atoms with Crippen molar-refractivity contribution in [1.82, 2.24) is 15.0 Å². The Kier molecular flexibility index (Phi) is 4.43. The topological polar surface area (TPSA) is 59.2 Å². The van der Waals surface area contributed by atoms with Crippen molar-refractivity contribution in [2.75, 3.05) is 12.3 Å². The number of halogens is 1. The Morgan fingerprint density at radius 1 is 1.36 bits per heavy atom. The van der Waals surface area contributed by atoms with Crippen molar-refractivity contribution in [3.8, 4) is 0 Å². The van der Waals surface area contributed by atoms with Crippen LogP contribution in [0.25, 0.3) is 0 Å². The largest absolute Gasteiger partial charge is 0.338 e. The summed E-state index contributed by atoms with van der Waals surface area (Å²) in [6.45, 7) is 0.772. The number of aromatic nitrogens is 2. The predicted molar refractivity (Wildman–Crippen MR) is 92.5 cm³/mol. The highest BCUT2D eigenvalue weighted by Crippen LogP contribution is 2.46. The highest BCUT2D eigenvalue weighted by Gasteiger charge is 2.47. The van der Waals surface area contributed by atoms with E-state index in [1.54, 1.807) is 23.9 Å². The molecule has 130 valence electrons. The Hall–Kier alpha value is -1.99. The third-order valence-electron chi connectivity index (χ3n) is 5.07. The average molecular weight is 359 g/mol. The van der Waals surface area contributed by atoms with Gasteiger partial charge < -0.3 is 9.32 Å². The third-order valence-corrected chi connectivity index (χ3v) is 6.02. The Morgan fingerprint density at radius 2 is 2.20 bits per heavy atom. The molecule has 2 aliphatic heterocycles. The molecule has 0 N–H and O–H groups in total. The van der Waals surface area contributed by atoms with Gasteiger partial charge in [-0.1, -0.05) is 17.3 Å². The molecule has 3 atom stereocenters. The van der Waals surface area contributed by atoms with Gasteiger partial charge in [-0.25, -0.2) is 4.39 Å².